The lowest BCUT2D eigenvalue weighted by molar-refractivity contribution is 0.0825. The maximum absolute atomic E-state index is 11.9. The number of aromatic nitrogens is 4. The summed E-state index contributed by atoms with van der Waals surface area (Å²) in [6.45, 7) is 0. The monoisotopic (exact) mass is 344 g/mol. The van der Waals surface area contributed by atoms with Crippen molar-refractivity contribution in [3.05, 3.63) is 24.8 Å². The molecule has 0 unspecified atom stereocenters. The highest BCUT2D eigenvalue weighted by Crippen LogP contribution is 2.20. The molecule has 3 N–H and O–H groups in total. The smallest absolute Gasteiger partial charge is 0.414 e. The molecule has 132 valence electrons. The predicted octanol–water partition coefficient (Wildman–Crippen LogP) is 1.76. The topological polar surface area (TPSA) is 125 Å². The van der Waals surface area contributed by atoms with E-state index >= 15 is 0 Å². The second kappa shape index (κ2) is 7.84. The third-order valence-corrected chi connectivity index (χ3v) is 4.00. The Morgan fingerprint density at radius 3 is 2.16 bits per heavy atom. The number of carbonyl (C=O) groups excluding carboxylic acids is 1. The van der Waals surface area contributed by atoms with E-state index in [1.807, 2.05) is 0 Å². The van der Waals surface area contributed by atoms with E-state index in [0.29, 0.717) is 0 Å². The van der Waals surface area contributed by atoms with Crippen LogP contribution in [-0.2, 0) is 4.74 Å². The van der Waals surface area contributed by atoms with E-state index in [2.05, 4.69) is 25.3 Å². The molecule has 0 aromatic carbocycles. The van der Waals surface area contributed by atoms with E-state index in [9.17, 15) is 4.79 Å². The summed E-state index contributed by atoms with van der Waals surface area (Å²) in [7, 11) is 1.50. The third-order valence-electron chi connectivity index (χ3n) is 4.00. The van der Waals surface area contributed by atoms with Gasteiger partial charge in [-0.2, -0.15) is 0 Å². The van der Waals surface area contributed by atoms with Crippen molar-refractivity contribution in [1.29, 1.82) is 0 Å². The van der Waals surface area contributed by atoms with Gasteiger partial charge >= 0.3 is 12.1 Å². The van der Waals surface area contributed by atoms with E-state index < -0.39 is 6.09 Å². The maximum atomic E-state index is 11.9. The highest BCUT2D eigenvalue weighted by molar-refractivity contribution is 5.82. The molecular formula is C16H20N6O3. The van der Waals surface area contributed by atoms with Crippen LogP contribution in [0, 0.1) is 0 Å². The minimum absolute atomic E-state index is 0.101. The zero-order valence-corrected chi connectivity index (χ0v) is 13.9. The number of rotatable bonds is 4. The van der Waals surface area contributed by atoms with Crippen LogP contribution in [0.25, 0.3) is 11.1 Å². The van der Waals surface area contributed by atoms with Gasteiger partial charge in [-0.3, -0.25) is 5.32 Å². The number of methoxy groups -OCH3 is 1. The number of hydrogen-bond acceptors (Lipinski definition) is 8. The molecule has 2 aromatic heterocycles. The summed E-state index contributed by atoms with van der Waals surface area (Å²) in [5.74, 6) is 0.177. The summed E-state index contributed by atoms with van der Waals surface area (Å²) in [5.41, 5.74) is 7.31. The standard InChI is InChI=1S/C16H20N6O3/c1-24-15-20-8-11(9-21-15)10-6-18-14(19-7-10)22-16(23)25-13-4-2-12(17)3-5-13/h6-9,12-13H,2-5,17H2,1H3,(H,18,19,22,23)/t12-,13-. The molecule has 0 atom stereocenters. The van der Waals surface area contributed by atoms with Crippen molar-refractivity contribution >= 4 is 12.0 Å². The summed E-state index contributed by atoms with van der Waals surface area (Å²) in [4.78, 5) is 28.2. The predicted molar refractivity (Wildman–Crippen MR) is 89.9 cm³/mol. The van der Waals surface area contributed by atoms with Crippen LogP contribution in [0.3, 0.4) is 0 Å². The fourth-order valence-corrected chi connectivity index (χ4v) is 2.59. The van der Waals surface area contributed by atoms with E-state index in [0.717, 1.165) is 36.8 Å². The fourth-order valence-electron chi connectivity index (χ4n) is 2.59. The zero-order chi connectivity index (χ0) is 17.6. The molecule has 1 aliphatic rings. The Bertz CT molecular complexity index is 699. The molecule has 0 aliphatic heterocycles. The number of amides is 1. The van der Waals surface area contributed by atoms with Gasteiger partial charge in [0.1, 0.15) is 6.10 Å². The van der Waals surface area contributed by atoms with Crippen molar-refractivity contribution in [2.75, 3.05) is 12.4 Å². The molecule has 9 heteroatoms. The first kappa shape index (κ1) is 17.0. The molecule has 3 rings (SSSR count). The first-order valence-electron chi connectivity index (χ1n) is 8.05. The second-order valence-electron chi connectivity index (χ2n) is 5.82. The number of nitrogens with two attached hydrogens (primary N) is 1. The molecule has 1 aliphatic carbocycles. The van der Waals surface area contributed by atoms with Crippen LogP contribution in [0.15, 0.2) is 24.8 Å². The molecule has 0 saturated heterocycles. The van der Waals surface area contributed by atoms with Gasteiger partial charge in [-0.1, -0.05) is 0 Å². The van der Waals surface area contributed by atoms with Gasteiger partial charge in [0.2, 0.25) is 5.95 Å². The van der Waals surface area contributed by atoms with Crippen molar-refractivity contribution in [3.8, 4) is 17.1 Å². The van der Waals surface area contributed by atoms with Crippen LogP contribution in [0.4, 0.5) is 10.7 Å². The molecule has 0 radical (unpaired) electrons. The van der Waals surface area contributed by atoms with Gasteiger partial charge in [-0.25, -0.2) is 24.7 Å². The summed E-state index contributed by atoms with van der Waals surface area (Å²) < 4.78 is 10.3. The Hall–Kier alpha value is -2.81. The summed E-state index contributed by atoms with van der Waals surface area (Å²) >= 11 is 0. The molecule has 2 heterocycles. The molecular weight excluding hydrogens is 324 g/mol. The number of nitrogens with one attached hydrogen (secondary N) is 1. The van der Waals surface area contributed by atoms with Crippen LogP contribution in [0.1, 0.15) is 25.7 Å². The van der Waals surface area contributed by atoms with Gasteiger partial charge in [-0.15, -0.1) is 0 Å². The lowest BCUT2D eigenvalue weighted by Gasteiger charge is -2.25. The third kappa shape index (κ3) is 4.60. The normalized spacial score (nSPS) is 19.9. The first-order valence-corrected chi connectivity index (χ1v) is 8.05. The largest absolute Gasteiger partial charge is 0.467 e. The Balaban J connectivity index is 1.55. The van der Waals surface area contributed by atoms with Gasteiger partial charge in [0.25, 0.3) is 0 Å². The van der Waals surface area contributed by atoms with Crippen LogP contribution in [-0.4, -0.2) is 45.3 Å². The fraction of sp³-hybridized carbons (Fsp3) is 0.438. The lowest BCUT2D eigenvalue weighted by Crippen LogP contribution is -2.32. The van der Waals surface area contributed by atoms with Gasteiger partial charge in [0.05, 0.1) is 7.11 Å². The summed E-state index contributed by atoms with van der Waals surface area (Å²) in [6, 6.07) is 0.495. The van der Waals surface area contributed by atoms with E-state index in [1.165, 1.54) is 7.11 Å². The quantitative estimate of drug-likeness (QED) is 0.859. The van der Waals surface area contributed by atoms with E-state index in [1.54, 1.807) is 24.8 Å². The van der Waals surface area contributed by atoms with Crippen molar-refractivity contribution in [2.45, 2.75) is 37.8 Å². The number of carbonyl (C=O) groups is 1. The average molecular weight is 344 g/mol. The molecule has 25 heavy (non-hydrogen) atoms. The Morgan fingerprint density at radius 2 is 1.60 bits per heavy atom. The minimum atomic E-state index is -0.555. The average Bonchev–Trinajstić information content (AvgIpc) is 2.64. The SMILES string of the molecule is COc1ncc(-c2cnc(NC(=O)O[C@H]3CC[C@H](N)CC3)nc2)cn1. The van der Waals surface area contributed by atoms with Gasteiger partial charge in [0.15, 0.2) is 0 Å². The summed E-state index contributed by atoms with van der Waals surface area (Å²) in [6.07, 6.45) is 9.02. The Kier molecular flexibility index (Phi) is 5.34. The van der Waals surface area contributed by atoms with Crippen molar-refractivity contribution in [3.63, 3.8) is 0 Å². The first-order chi connectivity index (χ1) is 12.1. The molecule has 2 aromatic rings. The van der Waals surface area contributed by atoms with Crippen LogP contribution in [0.5, 0.6) is 6.01 Å². The van der Waals surface area contributed by atoms with Crippen molar-refractivity contribution in [1.82, 2.24) is 19.9 Å². The molecule has 1 saturated carbocycles. The molecule has 1 fully saturated rings. The number of anilines is 1. The number of ether oxygens (including phenoxy) is 2. The number of hydrogen-bond donors (Lipinski definition) is 2. The van der Waals surface area contributed by atoms with Crippen molar-refractivity contribution < 1.29 is 14.3 Å². The minimum Gasteiger partial charge on any atom is -0.467 e. The Morgan fingerprint density at radius 1 is 1.04 bits per heavy atom. The molecule has 9 nitrogen and oxygen atoms in total. The van der Waals surface area contributed by atoms with Crippen LogP contribution < -0.4 is 15.8 Å². The number of nitrogens with zero attached hydrogens (tertiary/aromatic N) is 4. The zero-order valence-electron chi connectivity index (χ0n) is 13.9. The highest BCUT2D eigenvalue weighted by Gasteiger charge is 2.22. The summed E-state index contributed by atoms with van der Waals surface area (Å²) in [5, 5.41) is 2.53. The van der Waals surface area contributed by atoms with E-state index in [4.69, 9.17) is 15.2 Å². The van der Waals surface area contributed by atoms with E-state index in [-0.39, 0.29) is 24.1 Å². The molecule has 1 amide bonds. The lowest BCUT2D eigenvalue weighted by atomic mass is 9.94. The van der Waals surface area contributed by atoms with Gasteiger partial charge < -0.3 is 15.2 Å². The molecule has 0 spiro atoms. The van der Waals surface area contributed by atoms with Crippen LogP contribution in [0.2, 0.25) is 0 Å². The van der Waals surface area contributed by atoms with Crippen molar-refractivity contribution in [2.24, 2.45) is 5.73 Å². The highest BCUT2D eigenvalue weighted by atomic mass is 16.6. The molecule has 0 bridgehead atoms. The van der Waals surface area contributed by atoms with Crippen LogP contribution >= 0.6 is 0 Å². The second-order valence-corrected chi connectivity index (χ2v) is 5.82. The van der Waals surface area contributed by atoms with Gasteiger partial charge in [-0.05, 0) is 25.7 Å². The van der Waals surface area contributed by atoms with Gasteiger partial charge in [0, 0.05) is 42.0 Å². The Labute approximate surface area is 145 Å². The maximum Gasteiger partial charge on any atom is 0.414 e.